The molecule has 4 aromatic rings. The first-order valence-electron chi connectivity index (χ1n) is 12.3. The first kappa shape index (κ1) is 22.1. The van der Waals surface area contributed by atoms with Gasteiger partial charge in [0, 0.05) is 17.7 Å². The number of benzene rings is 3. The number of aryl methyl sites for hydroxylation is 2. The molecule has 34 heavy (non-hydrogen) atoms. The van der Waals surface area contributed by atoms with Gasteiger partial charge in [0.2, 0.25) is 0 Å². The Labute approximate surface area is 201 Å². The fourth-order valence-electron chi connectivity index (χ4n) is 5.01. The zero-order valence-corrected chi connectivity index (χ0v) is 19.9. The van der Waals surface area contributed by atoms with Crippen LogP contribution in [0.2, 0.25) is 0 Å². The van der Waals surface area contributed by atoms with Crippen LogP contribution in [0.3, 0.4) is 0 Å². The lowest BCUT2D eigenvalue weighted by Gasteiger charge is -2.20. The zero-order valence-electron chi connectivity index (χ0n) is 19.9. The highest BCUT2D eigenvalue weighted by Gasteiger charge is 2.27. The van der Waals surface area contributed by atoms with Gasteiger partial charge >= 0.3 is 0 Å². The number of aromatic nitrogens is 2. The Morgan fingerprint density at radius 3 is 2.44 bits per heavy atom. The summed E-state index contributed by atoms with van der Waals surface area (Å²) in [4.78, 5) is 19.0. The monoisotopic (exact) mass is 449 g/mol. The molecule has 1 aliphatic carbocycles. The van der Waals surface area contributed by atoms with Gasteiger partial charge in [0.25, 0.3) is 5.91 Å². The molecule has 1 heterocycles. The summed E-state index contributed by atoms with van der Waals surface area (Å²) < 4.78 is 2.06. The number of hydrogen-bond donors (Lipinski definition) is 1. The summed E-state index contributed by atoms with van der Waals surface area (Å²) in [6.45, 7) is 4.80. The number of nitrogens with one attached hydrogen (secondary N) is 1. The molecule has 5 rings (SSSR count). The lowest BCUT2D eigenvalue weighted by atomic mass is 9.99. The third kappa shape index (κ3) is 4.28. The van der Waals surface area contributed by atoms with Crippen LogP contribution in [0.15, 0.2) is 78.9 Å². The predicted octanol–water partition coefficient (Wildman–Crippen LogP) is 6.74. The lowest BCUT2D eigenvalue weighted by Crippen LogP contribution is -2.31. The van der Waals surface area contributed by atoms with E-state index in [-0.39, 0.29) is 11.9 Å². The highest BCUT2D eigenvalue weighted by molar-refractivity contribution is 5.99. The number of imidazole rings is 1. The van der Waals surface area contributed by atoms with Gasteiger partial charge in [0.15, 0.2) is 0 Å². The molecule has 1 unspecified atom stereocenters. The van der Waals surface area contributed by atoms with Crippen molar-refractivity contribution in [3.63, 3.8) is 0 Å². The smallest absolute Gasteiger partial charge is 0.270 e. The SMILES string of the molecule is CCn1c(-c2ccccc2)nc(-c2ccc(C)cc2)c1C(=O)NC1CCCCc2ccccc21. The van der Waals surface area contributed by atoms with Crippen molar-refractivity contribution in [1.82, 2.24) is 14.9 Å². The van der Waals surface area contributed by atoms with Crippen LogP contribution in [0, 0.1) is 6.92 Å². The van der Waals surface area contributed by atoms with E-state index in [2.05, 4.69) is 84.4 Å². The fraction of sp³-hybridized carbons (Fsp3) is 0.267. The summed E-state index contributed by atoms with van der Waals surface area (Å²) in [5.41, 5.74) is 7.11. The second-order valence-corrected chi connectivity index (χ2v) is 9.08. The fourth-order valence-corrected chi connectivity index (χ4v) is 5.01. The van der Waals surface area contributed by atoms with Crippen molar-refractivity contribution in [1.29, 1.82) is 0 Å². The quantitative estimate of drug-likeness (QED) is 0.343. The molecule has 172 valence electrons. The Kier molecular flexibility index (Phi) is 6.31. The summed E-state index contributed by atoms with van der Waals surface area (Å²) in [6, 6.07) is 26.9. The number of rotatable bonds is 5. The number of hydrogen-bond acceptors (Lipinski definition) is 2. The standard InChI is InChI=1S/C30H31N3O/c1-3-33-28(30(34)31-26-16-10-8-12-22-11-7-9-15-25(22)26)27(23-19-17-21(2)18-20-23)32-29(33)24-13-5-4-6-14-24/h4-7,9,11,13-15,17-20,26H,3,8,10,12,16H2,1-2H3,(H,31,34). The van der Waals surface area contributed by atoms with E-state index in [1.807, 2.05) is 18.2 Å². The van der Waals surface area contributed by atoms with Crippen molar-refractivity contribution < 1.29 is 4.79 Å². The normalized spacial score (nSPS) is 15.4. The van der Waals surface area contributed by atoms with Crippen LogP contribution >= 0.6 is 0 Å². The summed E-state index contributed by atoms with van der Waals surface area (Å²) in [6.07, 6.45) is 4.28. The number of fused-ring (bicyclic) bond motifs is 1. The van der Waals surface area contributed by atoms with Gasteiger partial charge in [-0.25, -0.2) is 4.98 Å². The molecule has 0 radical (unpaired) electrons. The summed E-state index contributed by atoms with van der Waals surface area (Å²) in [7, 11) is 0. The van der Waals surface area contributed by atoms with Crippen molar-refractivity contribution in [3.05, 3.63) is 101 Å². The van der Waals surface area contributed by atoms with Crippen LogP contribution in [0.25, 0.3) is 22.6 Å². The molecule has 0 spiro atoms. The van der Waals surface area contributed by atoms with Gasteiger partial charge in [0.05, 0.1) is 6.04 Å². The van der Waals surface area contributed by atoms with Crippen LogP contribution in [-0.4, -0.2) is 15.5 Å². The number of nitrogens with zero attached hydrogens (tertiary/aromatic N) is 2. The Balaban J connectivity index is 1.60. The second kappa shape index (κ2) is 9.68. The first-order chi connectivity index (χ1) is 16.7. The molecule has 1 aromatic heterocycles. The molecule has 0 saturated heterocycles. The Morgan fingerprint density at radius 1 is 0.941 bits per heavy atom. The van der Waals surface area contributed by atoms with E-state index in [1.165, 1.54) is 16.7 Å². The van der Waals surface area contributed by atoms with E-state index < -0.39 is 0 Å². The number of amides is 1. The van der Waals surface area contributed by atoms with Crippen LogP contribution < -0.4 is 5.32 Å². The van der Waals surface area contributed by atoms with Crippen molar-refractivity contribution in [2.45, 2.75) is 52.1 Å². The topological polar surface area (TPSA) is 46.9 Å². The minimum atomic E-state index is -0.0613. The van der Waals surface area contributed by atoms with Gasteiger partial charge in [0.1, 0.15) is 17.2 Å². The first-order valence-corrected chi connectivity index (χ1v) is 12.3. The largest absolute Gasteiger partial charge is 0.344 e. The van der Waals surface area contributed by atoms with Gasteiger partial charge in [-0.15, -0.1) is 0 Å². The third-order valence-corrected chi connectivity index (χ3v) is 6.78. The maximum atomic E-state index is 13.9. The number of carbonyl (C=O) groups is 1. The average molecular weight is 450 g/mol. The van der Waals surface area contributed by atoms with Crippen LogP contribution in [0.1, 0.15) is 59.4 Å². The van der Waals surface area contributed by atoms with Gasteiger partial charge in [-0.2, -0.15) is 0 Å². The maximum absolute atomic E-state index is 13.9. The third-order valence-electron chi connectivity index (χ3n) is 6.78. The Morgan fingerprint density at radius 2 is 1.68 bits per heavy atom. The molecule has 1 N–H and O–H groups in total. The van der Waals surface area contributed by atoms with Crippen LogP contribution in [0.4, 0.5) is 0 Å². The van der Waals surface area contributed by atoms with Gasteiger partial charge in [-0.3, -0.25) is 4.79 Å². The summed E-state index contributed by atoms with van der Waals surface area (Å²) >= 11 is 0. The predicted molar refractivity (Wildman–Crippen MR) is 138 cm³/mol. The van der Waals surface area contributed by atoms with Crippen LogP contribution in [-0.2, 0) is 13.0 Å². The molecular weight excluding hydrogens is 418 g/mol. The Hall–Kier alpha value is -3.66. The minimum Gasteiger partial charge on any atom is -0.344 e. The highest BCUT2D eigenvalue weighted by atomic mass is 16.2. The molecule has 4 heteroatoms. The van der Waals surface area contributed by atoms with Crippen molar-refractivity contribution in [2.24, 2.45) is 0 Å². The van der Waals surface area contributed by atoms with Gasteiger partial charge in [-0.05, 0) is 44.2 Å². The van der Waals surface area contributed by atoms with Crippen molar-refractivity contribution in [2.75, 3.05) is 0 Å². The molecule has 1 atom stereocenters. The van der Waals surface area contributed by atoms with Crippen molar-refractivity contribution >= 4 is 5.91 Å². The molecule has 3 aromatic carbocycles. The second-order valence-electron chi connectivity index (χ2n) is 9.08. The van der Waals surface area contributed by atoms with Gasteiger partial charge in [-0.1, -0.05) is 90.8 Å². The molecule has 1 aliphatic rings. The van der Waals surface area contributed by atoms with Crippen LogP contribution in [0.5, 0.6) is 0 Å². The van der Waals surface area contributed by atoms with Crippen molar-refractivity contribution in [3.8, 4) is 22.6 Å². The molecule has 0 bridgehead atoms. The van der Waals surface area contributed by atoms with E-state index in [0.29, 0.717) is 12.2 Å². The molecule has 1 amide bonds. The molecular formula is C30H31N3O. The molecule has 0 fully saturated rings. The molecule has 0 saturated carbocycles. The summed E-state index contributed by atoms with van der Waals surface area (Å²) in [5, 5.41) is 3.39. The van der Waals surface area contributed by atoms with E-state index >= 15 is 0 Å². The molecule has 0 aliphatic heterocycles. The highest BCUT2D eigenvalue weighted by Crippen LogP contribution is 2.32. The maximum Gasteiger partial charge on any atom is 0.270 e. The summed E-state index contributed by atoms with van der Waals surface area (Å²) in [5.74, 6) is 0.763. The van der Waals surface area contributed by atoms with E-state index in [0.717, 1.165) is 48.3 Å². The van der Waals surface area contributed by atoms with E-state index in [1.54, 1.807) is 0 Å². The minimum absolute atomic E-state index is 0.0115. The molecule has 4 nitrogen and oxygen atoms in total. The number of carbonyl (C=O) groups excluding carboxylic acids is 1. The Bertz CT molecular complexity index is 1290. The van der Waals surface area contributed by atoms with E-state index in [4.69, 9.17) is 4.98 Å². The zero-order chi connectivity index (χ0) is 23.5. The van der Waals surface area contributed by atoms with E-state index in [9.17, 15) is 4.79 Å². The average Bonchev–Trinajstić information content (AvgIpc) is 3.15. The van der Waals surface area contributed by atoms with Gasteiger partial charge < -0.3 is 9.88 Å². The lowest BCUT2D eigenvalue weighted by molar-refractivity contribution is 0.0926.